The first-order valence-corrected chi connectivity index (χ1v) is 9.46. The summed E-state index contributed by atoms with van der Waals surface area (Å²) < 4.78 is 29.4. The van der Waals surface area contributed by atoms with E-state index in [9.17, 15) is 8.42 Å². The highest BCUT2D eigenvalue weighted by Gasteiger charge is 2.06. The summed E-state index contributed by atoms with van der Waals surface area (Å²) in [5, 5.41) is 0. The Morgan fingerprint density at radius 1 is 0.800 bits per heavy atom. The van der Waals surface area contributed by atoms with Crippen LogP contribution in [0.3, 0.4) is 0 Å². The van der Waals surface area contributed by atoms with Crippen molar-refractivity contribution in [2.75, 3.05) is 18.5 Å². The van der Waals surface area contributed by atoms with E-state index in [1.807, 2.05) is 58.9 Å². The summed E-state index contributed by atoms with van der Waals surface area (Å²) in [6.07, 6.45) is 0. The van der Waals surface area contributed by atoms with E-state index >= 15 is 0 Å². The third kappa shape index (κ3) is 14.0. The maximum Gasteiger partial charge on any atom is 0.294 e. The average molecular weight is 372 g/mol. The number of para-hydroxylation sites is 1. The summed E-state index contributed by atoms with van der Waals surface area (Å²) >= 11 is 0. The first-order valence-electron chi connectivity index (χ1n) is 8.02. The number of hydrogen-bond acceptors (Lipinski definition) is 5. The van der Waals surface area contributed by atoms with E-state index in [2.05, 4.69) is 5.73 Å². The molecule has 0 atom stereocenters. The van der Waals surface area contributed by atoms with E-state index in [1.54, 1.807) is 0 Å². The van der Waals surface area contributed by atoms with Gasteiger partial charge in [-0.15, -0.1) is 0 Å². The van der Waals surface area contributed by atoms with Crippen LogP contribution in [0.1, 0.15) is 33.3 Å². The Morgan fingerprint density at radius 2 is 1.20 bits per heavy atom. The predicted molar refractivity (Wildman–Crippen MR) is 109 cm³/mol. The number of aryl methyl sites for hydroxylation is 1. The standard InChI is InChI=1S/C7H9N.C6H7NO3S.2C2H6.CH5N/c1-6-4-2-3-5-7(6)8;7-5-1-3-6(4-2-5)11(8,9)10;3*1-2/h2-5H,8H2,1H3;1-4H,7H2,(H,8,9,10);2*1-2H3;2H2,1H3. The molecule has 0 aromatic heterocycles. The zero-order valence-electron chi connectivity index (χ0n) is 16.0. The van der Waals surface area contributed by atoms with Gasteiger partial charge >= 0.3 is 0 Å². The van der Waals surface area contributed by atoms with Crippen LogP contribution in [-0.2, 0) is 10.1 Å². The summed E-state index contributed by atoms with van der Waals surface area (Å²) in [4.78, 5) is -0.147. The molecule has 0 heterocycles. The van der Waals surface area contributed by atoms with Gasteiger partial charge in [-0.3, -0.25) is 4.55 Å². The predicted octanol–water partition coefficient (Wildman–Crippen LogP) is 3.72. The number of anilines is 2. The van der Waals surface area contributed by atoms with Gasteiger partial charge in [-0.05, 0) is 49.9 Å². The lowest BCUT2D eigenvalue weighted by Crippen LogP contribution is -1.97. The minimum absolute atomic E-state index is 0.147. The molecule has 0 bridgehead atoms. The molecule has 2 aromatic rings. The van der Waals surface area contributed by atoms with Crippen molar-refractivity contribution in [1.82, 2.24) is 0 Å². The zero-order chi connectivity index (χ0) is 20.5. The average Bonchev–Trinajstić information content (AvgIpc) is 2.63. The molecule has 0 spiro atoms. The lowest BCUT2D eigenvalue weighted by atomic mass is 10.2. The molecule has 25 heavy (non-hydrogen) atoms. The quantitative estimate of drug-likeness (QED) is 0.446. The van der Waals surface area contributed by atoms with Crippen molar-refractivity contribution in [3.05, 3.63) is 54.1 Å². The van der Waals surface area contributed by atoms with Gasteiger partial charge in [0.25, 0.3) is 10.1 Å². The summed E-state index contributed by atoms with van der Waals surface area (Å²) in [6, 6.07) is 13.1. The molecule has 0 amide bonds. The summed E-state index contributed by atoms with van der Waals surface area (Å²) in [5.74, 6) is 0. The number of nitrogens with two attached hydrogens (primary N) is 3. The smallest absolute Gasteiger partial charge is 0.294 e. The maximum absolute atomic E-state index is 10.5. The van der Waals surface area contributed by atoms with E-state index in [0.717, 1.165) is 11.3 Å². The fraction of sp³-hybridized carbons (Fsp3) is 0.333. The first kappa shape index (κ1) is 27.7. The molecule has 2 rings (SSSR count). The van der Waals surface area contributed by atoms with Crippen LogP contribution in [0.15, 0.2) is 53.4 Å². The Balaban J connectivity index is -0.000000305. The third-order valence-electron chi connectivity index (χ3n) is 2.37. The van der Waals surface area contributed by atoms with Gasteiger partial charge in [-0.1, -0.05) is 45.9 Å². The molecule has 0 fully saturated rings. The van der Waals surface area contributed by atoms with E-state index in [1.165, 1.54) is 31.3 Å². The molecule has 0 saturated heterocycles. The van der Waals surface area contributed by atoms with Crippen LogP contribution >= 0.6 is 0 Å². The van der Waals surface area contributed by atoms with Crippen molar-refractivity contribution in [3.8, 4) is 0 Å². The molecule has 0 aliphatic carbocycles. The first-order chi connectivity index (χ1) is 11.8. The molecular formula is C18H33N3O3S. The molecule has 144 valence electrons. The van der Waals surface area contributed by atoms with Gasteiger partial charge in [0.1, 0.15) is 0 Å². The SMILES string of the molecule is CC.CC.CN.Cc1ccccc1N.Nc1ccc(S(=O)(=O)O)cc1. The van der Waals surface area contributed by atoms with E-state index in [-0.39, 0.29) is 4.90 Å². The van der Waals surface area contributed by atoms with Crippen molar-refractivity contribution in [3.63, 3.8) is 0 Å². The second-order valence-electron chi connectivity index (χ2n) is 3.90. The van der Waals surface area contributed by atoms with E-state index < -0.39 is 10.1 Å². The van der Waals surface area contributed by atoms with Crippen molar-refractivity contribution in [1.29, 1.82) is 0 Å². The molecule has 6 nitrogen and oxygen atoms in total. The number of nitrogen functional groups attached to an aromatic ring is 2. The monoisotopic (exact) mass is 371 g/mol. The Kier molecular flexibility index (Phi) is 18.6. The summed E-state index contributed by atoms with van der Waals surface area (Å²) in [7, 11) is -2.58. The highest BCUT2D eigenvalue weighted by molar-refractivity contribution is 7.85. The highest BCUT2D eigenvalue weighted by atomic mass is 32.2. The Hall–Kier alpha value is -2.09. The lowest BCUT2D eigenvalue weighted by molar-refractivity contribution is 0.483. The second-order valence-corrected chi connectivity index (χ2v) is 5.32. The van der Waals surface area contributed by atoms with Gasteiger partial charge in [0, 0.05) is 11.4 Å². The fourth-order valence-electron chi connectivity index (χ4n) is 1.23. The van der Waals surface area contributed by atoms with Gasteiger partial charge in [-0.2, -0.15) is 8.42 Å². The van der Waals surface area contributed by atoms with Crippen molar-refractivity contribution in [2.45, 2.75) is 39.5 Å². The van der Waals surface area contributed by atoms with Crippen LogP contribution in [0.5, 0.6) is 0 Å². The normalized spacial score (nSPS) is 8.64. The van der Waals surface area contributed by atoms with Crippen molar-refractivity contribution in [2.24, 2.45) is 5.73 Å². The van der Waals surface area contributed by atoms with Crippen LogP contribution < -0.4 is 17.2 Å². The summed E-state index contributed by atoms with van der Waals surface area (Å²) in [5.41, 5.74) is 17.8. The van der Waals surface area contributed by atoms with Crippen LogP contribution in [0.4, 0.5) is 11.4 Å². The Bertz CT molecular complexity index is 622. The molecule has 2 aromatic carbocycles. The molecule has 0 aliphatic rings. The topological polar surface area (TPSA) is 132 Å². The fourth-order valence-corrected chi connectivity index (χ4v) is 1.71. The number of benzene rings is 2. The molecule has 0 aliphatic heterocycles. The number of hydrogen-bond donors (Lipinski definition) is 4. The van der Waals surface area contributed by atoms with Crippen LogP contribution in [0.25, 0.3) is 0 Å². The molecular weight excluding hydrogens is 338 g/mol. The van der Waals surface area contributed by atoms with Crippen LogP contribution in [0, 0.1) is 6.92 Å². The second kappa shape index (κ2) is 16.8. The van der Waals surface area contributed by atoms with Gasteiger partial charge in [0.15, 0.2) is 0 Å². The Morgan fingerprint density at radius 3 is 1.48 bits per heavy atom. The molecule has 0 radical (unpaired) electrons. The minimum atomic E-state index is -4.08. The minimum Gasteiger partial charge on any atom is -0.399 e. The third-order valence-corrected chi connectivity index (χ3v) is 3.23. The maximum atomic E-state index is 10.5. The zero-order valence-corrected chi connectivity index (χ0v) is 16.8. The largest absolute Gasteiger partial charge is 0.399 e. The van der Waals surface area contributed by atoms with Gasteiger partial charge < -0.3 is 17.2 Å². The lowest BCUT2D eigenvalue weighted by Gasteiger charge is -1.95. The van der Waals surface area contributed by atoms with Gasteiger partial charge in [0.05, 0.1) is 4.90 Å². The Labute approximate surface area is 152 Å². The van der Waals surface area contributed by atoms with Crippen LogP contribution in [-0.4, -0.2) is 20.0 Å². The van der Waals surface area contributed by atoms with Crippen molar-refractivity contribution < 1.29 is 13.0 Å². The van der Waals surface area contributed by atoms with Gasteiger partial charge in [0.2, 0.25) is 0 Å². The molecule has 7 heteroatoms. The van der Waals surface area contributed by atoms with Gasteiger partial charge in [-0.25, -0.2) is 0 Å². The molecule has 7 N–H and O–H groups in total. The van der Waals surface area contributed by atoms with E-state index in [0.29, 0.717) is 5.69 Å². The van der Waals surface area contributed by atoms with E-state index in [4.69, 9.17) is 16.0 Å². The summed E-state index contributed by atoms with van der Waals surface area (Å²) in [6.45, 7) is 10.00. The highest BCUT2D eigenvalue weighted by Crippen LogP contribution is 2.10. The molecule has 0 saturated carbocycles. The molecule has 0 unspecified atom stereocenters. The number of rotatable bonds is 1. The van der Waals surface area contributed by atoms with Crippen molar-refractivity contribution >= 4 is 21.5 Å². The van der Waals surface area contributed by atoms with Crippen LogP contribution in [0.2, 0.25) is 0 Å².